The Kier molecular flexibility index (Phi) is 5.86. The zero-order valence-corrected chi connectivity index (χ0v) is 16.7. The number of anilines is 2. The number of piperazine rings is 2. The second-order valence-electron chi connectivity index (χ2n) is 7.36. The van der Waals surface area contributed by atoms with Crippen LogP contribution < -0.4 is 9.80 Å². The second kappa shape index (κ2) is 8.70. The monoisotopic (exact) mass is 401 g/mol. The van der Waals surface area contributed by atoms with Crippen LogP contribution in [0.2, 0.25) is 0 Å². The van der Waals surface area contributed by atoms with E-state index in [2.05, 4.69) is 35.2 Å². The van der Waals surface area contributed by atoms with Gasteiger partial charge in [-0.25, -0.2) is 0 Å². The SMILES string of the molecule is Cn1cc(C(=O)N2CCN(c3ccc(N4CCN(CCO)CC4)nn3)CC2)nn1. The number of carbonyl (C=O) groups excluding carboxylic acids is 1. The Labute approximate surface area is 169 Å². The molecule has 0 radical (unpaired) electrons. The number of carbonyl (C=O) groups is 1. The molecule has 4 rings (SSSR count). The maximum absolute atomic E-state index is 12.5. The van der Waals surface area contributed by atoms with Crippen molar-refractivity contribution >= 4 is 17.5 Å². The molecule has 0 unspecified atom stereocenters. The third kappa shape index (κ3) is 4.46. The molecule has 156 valence electrons. The van der Waals surface area contributed by atoms with Gasteiger partial charge in [0.2, 0.25) is 0 Å². The lowest BCUT2D eigenvalue weighted by molar-refractivity contribution is 0.0740. The molecule has 0 aliphatic carbocycles. The average molecular weight is 401 g/mol. The van der Waals surface area contributed by atoms with Crippen molar-refractivity contribution in [1.82, 2.24) is 35.0 Å². The van der Waals surface area contributed by atoms with E-state index in [4.69, 9.17) is 5.11 Å². The Balaban J connectivity index is 1.30. The minimum Gasteiger partial charge on any atom is -0.395 e. The van der Waals surface area contributed by atoms with Gasteiger partial charge in [-0.3, -0.25) is 14.4 Å². The van der Waals surface area contributed by atoms with Crippen molar-refractivity contribution in [3.63, 3.8) is 0 Å². The molecule has 1 N–H and O–H groups in total. The third-order valence-corrected chi connectivity index (χ3v) is 5.46. The summed E-state index contributed by atoms with van der Waals surface area (Å²) in [7, 11) is 1.75. The fourth-order valence-corrected chi connectivity index (χ4v) is 3.74. The van der Waals surface area contributed by atoms with Crippen LogP contribution in [0.5, 0.6) is 0 Å². The first kappa shape index (κ1) is 19.5. The predicted octanol–water partition coefficient (Wildman–Crippen LogP) is -1.32. The summed E-state index contributed by atoms with van der Waals surface area (Å²) in [4.78, 5) is 20.9. The number of hydrogen-bond acceptors (Lipinski definition) is 9. The molecule has 0 aromatic carbocycles. The van der Waals surface area contributed by atoms with Crippen molar-refractivity contribution in [2.24, 2.45) is 7.05 Å². The molecule has 0 saturated carbocycles. The van der Waals surface area contributed by atoms with Crippen molar-refractivity contribution in [3.05, 3.63) is 24.0 Å². The van der Waals surface area contributed by atoms with Crippen LogP contribution in [0.15, 0.2) is 18.3 Å². The van der Waals surface area contributed by atoms with Crippen LogP contribution in [0.1, 0.15) is 10.5 Å². The summed E-state index contributed by atoms with van der Waals surface area (Å²) in [6, 6.07) is 4.02. The molecule has 1 amide bonds. The van der Waals surface area contributed by atoms with E-state index in [9.17, 15) is 4.79 Å². The molecule has 2 aromatic heterocycles. The minimum atomic E-state index is -0.0838. The molecular weight excluding hydrogens is 374 g/mol. The van der Waals surface area contributed by atoms with E-state index >= 15 is 0 Å². The van der Waals surface area contributed by atoms with E-state index in [0.717, 1.165) is 44.4 Å². The summed E-state index contributed by atoms with van der Waals surface area (Å²) >= 11 is 0. The summed E-state index contributed by atoms with van der Waals surface area (Å²) in [5.41, 5.74) is 0.379. The fourth-order valence-electron chi connectivity index (χ4n) is 3.74. The molecule has 2 aliphatic rings. The number of aryl methyl sites for hydroxylation is 1. The first-order valence-electron chi connectivity index (χ1n) is 9.96. The highest BCUT2D eigenvalue weighted by Crippen LogP contribution is 2.18. The molecule has 2 saturated heterocycles. The molecule has 0 bridgehead atoms. The molecule has 29 heavy (non-hydrogen) atoms. The van der Waals surface area contributed by atoms with Crippen LogP contribution in [0.3, 0.4) is 0 Å². The number of nitrogens with zero attached hydrogens (tertiary/aromatic N) is 9. The summed E-state index contributed by atoms with van der Waals surface area (Å²) in [6.07, 6.45) is 1.64. The van der Waals surface area contributed by atoms with Gasteiger partial charge in [0.25, 0.3) is 5.91 Å². The quantitative estimate of drug-likeness (QED) is 0.653. The van der Waals surface area contributed by atoms with Gasteiger partial charge in [0.15, 0.2) is 17.3 Å². The van der Waals surface area contributed by atoms with E-state index < -0.39 is 0 Å². The van der Waals surface area contributed by atoms with Gasteiger partial charge in [0, 0.05) is 66.0 Å². The lowest BCUT2D eigenvalue weighted by Crippen LogP contribution is -2.49. The highest BCUT2D eigenvalue weighted by atomic mass is 16.3. The van der Waals surface area contributed by atoms with E-state index in [1.807, 2.05) is 12.1 Å². The summed E-state index contributed by atoms with van der Waals surface area (Å²) in [5.74, 6) is 1.63. The van der Waals surface area contributed by atoms with Crippen LogP contribution in [0, 0.1) is 0 Å². The molecule has 4 heterocycles. The lowest BCUT2D eigenvalue weighted by atomic mass is 10.2. The third-order valence-electron chi connectivity index (χ3n) is 5.46. The van der Waals surface area contributed by atoms with Gasteiger partial charge in [-0.2, -0.15) is 0 Å². The maximum atomic E-state index is 12.5. The number of amides is 1. The van der Waals surface area contributed by atoms with Crippen molar-refractivity contribution in [2.45, 2.75) is 0 Å². The fraction of sp³-hybridized carbons (Fsp3) is 0.611. The van der Waals surface area contributed by atoms with Gasteiger partial charge < -0.3 is 19.8 Å². The number of aromatic nitrogens is 5. The number of aliphatic hydroxyl groups is 1. The van der Waals surface area contributed by atoms with Crippen LogP contribution in [0.25, 0.3) is 0 Å². The number of hydrogen-bond donors (Lipinski definition) is 1. The normalized spacial score (nSPS) is 18.3. The standard InChI is InChI=1S/C18H27N9O2/c1-23-14-15(19-22-23)18(29)27-10-8-26(9-11-27)17-3-2-16(20-21-17)25-6-4-24(5-7-25)12-13-28/h2-3,14,28H,4-13H2,1H3. The second-order valence-corrected chi connectivity index (χ2v) is 7.36. The van der Waals surface area contributed by atoms with E-state index in [-0.39, 0.29) is 12.5 Å². The minimum absolute atomic E-state index is 0.0838. The highest BCUT2D eigenvalue weighted by molar-refractivity contribution is 5.92. The van der Waals surface area contributed by atoms with Crippen LogP contribution in [-0.4, -0.2) is 112 Å². The lowest BCUT2D eigenvalue weighted by Gasteiger charge is -2.36. The van der Waals surface area contributed by atoms with Gasteiger partial charge >= 0.3 is 0 Å². The largest absolute Gasteiger partial charge is 0.395 e. The Bertz CT molecular complexity index is 809. The number of rotatable bonds is 5. The highest BCUT2D eigenvalue weighted by Gasteiger charge is 2.25. The summed E-state index contributed by atoms with van der Waals surface area (Å²) in [5, 5.41) is 25.6. The summed E-state index contributed by atoms with van der Waals surface area (Å²) in [6.45, 7) is 7.19. The average Bonchev–Trinajstić information content (AvgIpc) is 3.21. The van der Waals surface area contributed by atoms with Crippen molar-refractivity contribution in [1.29, 1.82) is 0 Å². The predicted molar refractivity (Wildman–Crippen MR) is 107 cm³/mol. The van der Waals surface area contributed by atoms with Crippen molar-refractivity contribution in [2.75, 3.05) is 75.3 Å². The first-order valence-corrected chi connectivity index (χ1v) is 9.96. The van der Waals surface area contributed by atoms with E-state index in [1.54, 1.807) is 18.1 Å². The van der Waals surface area contributed by atoms with Crippen LogP contribution in [-0.2, 0) is 7.05 Å². The molecule has 2 aliphatic heterocycles. The van der Waals surface area contributed by atoms with Crippen LogP contribution in [0.4, 0.5) is 11.6 Å². The number of aliphatic hydroxyl groups excluding tert-OH is 1. The molecule has 0 atom stereocenters. The van der Waals surface area contributed by atoms with Gasteiger partial charge in [-0.05, 0) is 12.1 Å². The summed E-state index contributed by atoms with van der Waals surface area (Å²) < 4.78 is 1.53. The zero-order valence-electron chi connectivity index (χ0n) is 16.7. The maximum Gasteiger partial charge on any atom is 0.276 e. The molecule has 2 aromatic rings. The molecular formula is C18H27N9O2. The van der Waals surface area contributed by atoms with Crippen LogP contribution >= 0.6 is 0 Å². The molecule has 11 nitrogen and oxygen atoms in total. The Morgan fingerprint density at radius 3 is 2.00 bits per heavy atom. The van der Waals surface area contributed by atoms with Gasteiger partial charge in [-0.1, -0.05) is 5.21 Å². The Morgan fingerprint density at radius 2 is 1.52 bits per heavy atom. The zero-order chi connectivity index (χ0) is 20.2. The smallest absolute Gasteiger partial charge is 0.276 e. The van der Waals surface area contributed by atoms with Gasteiger partial charge in [0.05, 0.1) is 12.8 Å². The van der Waals surface area contributed by atoms with E-state index in [0.29, 0.717) is 31.9 Å². The Hall–Kier alpha value is -2.79. The van der Waals surface area contributed by atoms with Gasteiger partial charge in [0.1, 0.15) is 0 Å². The topological polar surface area (TPSA) is 107 Å². The van der Waals surface area contributed by atoms with E-state index in [1.165, 1.54) is 4.68 Å². The number of β-amino-alcohol motifs (C(OH)–C–C–N with tert-alkyl or cyclic N) is 1. The molecule has 2 fully saturated rings. The Morgan fingerprint density at radius 1 is 0.931 bits per heavy atom. The first-order chi connectivity index (χ1) is 14.1. The van der Waals surface area contributed by atoms with Crippen molar-refractivity contribution < 1.29 is 9.90 Å². The van der Waals surface area contributed by atoms with Crippen molar-refractivity contribution in [3.8, 4) is 0 Å². The molecule has 0 spiro atoms. The molecule has 11 heteroatoms. The van der Waals surface area contributed by atoms with Gasteiger partial charge in [-0.15, -0.1) is 15.3 Å².